The predicted molar refractivity (Wildman–Crippen MR) is 130 cm³/mol. The predicted octanol–water partition coefficient (Wildman–Crippen LogP) is 3.17. The molecule has 6 unspecified atom stereocenters. The fraction of sp³-hybridized carbons (Fsp3) is 0.652. The highest BCUT2D eigenvalue weighted by atomic mass is 31.2. The Morgan fingerprint density at radius 3 is 2.92 bits per heavy atom. The van der Waals surface area contributed by atoms with Gasteiger partial charge in [0.15, 0.2) is 11.5 Å². The molecule has 0 saturated carbocycles. The summed E-state index contributed by atoms with van der Waals surface area (Å²) < 4.78 is 53.3. The van der Waals surface area contributed by atoms with Crippen LogP contribution in [0, 0.1) is 11.3 Å². The second-order valence-corrected chi connectivity index (χ2v) is 11.2. The normalized spacial score (nSPS) is 32.1. The number of hydrogen-bond acceptors (Lipinski definition) is 10. The van der Waals surface area contributed by atoms with Gasteiger partial charge in [-0.05, 0) is 32.4 Å². The number of rotatable bonds is 10. The fourth-order valence-electron chi connectivity index (χ4n) is 4.68. The first-order valence-electron chi connectivity index (χ1n) is 12.3. The Morgan fingerprint density at radius 1 is 1.43 bits per heavy atom. The van der Waals surface area contributed by atoms with E-state index in [1.165, 1.54) is 23.8 Å². The molecule has 2 saturated heterocycles. The number of halogens is 1. The minimum Gasteiger partial charge on any atom is -0.465 e. The number of carbonyl (C=O) groups excluding carboxylic acids is 1. The second kappa shape index (κ2) is 10.6. The topological polar surface area (TPSA) is 163 Å². The van der Waals surface area contributed by atoms with Gasteiger partial charge >= 0.3 is 13.7 Å². The number of carbonyl (C=O) groups is 1. The van der Waals surface area contributed by atoms with Gasteiger partial charge in [-0.15, -0.1) is 0 Å². The van der Waals surface area contributed by atoms with Gasteiger partial charge in [0.1, 0.15) is 36.2 Å². The lowest BCUT2D eigenvalue weighted by atomic mass is 9.82. The van der Waals surface area contributed by atoms with Gasteiger partial charge in [0.2, 0.25) is 5.60 Å². The number of nitriles is 1. The molecular formula is C23H32FN6O6P. The molecule has 4 heterocycles. The van der Waals surface area contributed by atoms with Crippen molar-refractivity contribution in [3.05, 3.63) is 24.2 Å². The number of aromatic nitrogens is 3. The van der Waals surface area contributed by atoms with E-state index in [2.05, 4.69) is 22.1 Å². The Hall–Kier alpha value is -2.62. The summed E-state index contributed by atoms with van der Waals surface area (Å²) in [6.07, 6.45) is 3.64. The summed E-state index contributed by atoms with van der Waals surface area (Å²) in [4.78, 5) is 16.3. The molecule has 12 nitrogen and oxygen atoms in total. The van der Waals surface area contributed by atoms with Crippen molar-refractivity contribution < 1.29 is 32.3 Å². The summed E-state index contributed by atoms with van der Waals surface area (Å²) in [6, 6.07) is 3.90. The van der Waals surface area contributed by atoms with Crippen molar-refractivity contribution >= 4 is 25.1 Å². The number of nitrogens with two attached hydrogens (primary N) is 1. The zero-order valence-electron chi connectivity index (χ0n) is 21.1. The first kappa shape index (κ1) is 27.4. The number of esters is 1. The zero-order valence-corrected chi connectivity index (χ0v) is 21.9. The summed E-state index contributed by atoms with van der Waals surface area (Å²) in [5, 5.41) is 16.8. The molecule has 0 radical (unpaired) electrons. The molecule has 0 bridgehead atoms. The van der Waals surface area contributed by atoms with Crippen LogP contribution in [0.5, 0.6) is 0 Å². The third-order valence-electron chi connectivity index (χ3n) is 6.75. The average molecular weight is 539 g/mol. The Labute approximate surface area is 214 Å². The van der Waals surface area contributed by atoms with Crippen LogP contribution in [0.3, 0.4) is 0 Å². The van der Waals surface area contributed by atoms with Crippen LogP contribution < -0.4 is 10.8 Å². The molecule has 14 heteroatoms. The number of ether oxygens (including phenoxy) is 2. The molecule has 0 spiro atoms. The molecule has 2 aromatic rings. The number of nitrogens with one attached hydrogen (secondary N) is 1. The van der Waals surface area contributed by atoms with E-state index in [9.17, 15) is 14.6 Å². The van der Waals surface area contributed by atoms with Crippen LogP contribution in [0.2, 0.25) is 0 Å². The molecule has 202 valence electrons. The first-order chi connectivity index (χ1) is 17.6. The molecule has 6 atom stereocenters. The van der Waals surface area contributed by atoms with Crippen molar-refractivity contribution in [3.8, 4) is 6.07 Å². The number of anilines is 1. The van der Waals surface area contributed by atoms with E-state index in [0.717, 1.165) is 39.0 Å². The minimum absolute atomic E-state index is 0.0702. The van der Waals surface area contributed by atoms with E-state index >= 15 is 4.39 Å². The highest BCUT2D eigenvalue weighted by Crippen LogP contribution is 2.59. The van der Waals surface area contributed by atoms with E-state index in [0.29, 0.717) is 5.52 Å². The molecule has 37 heavy (non-hydrogen) atoms. The van der Waals surface area contributed by atoms with Gasteiger partial charge in [-0.25, -0.2) is 23.5 Å². The first-order valence-corrected chi connectivity index (χ1v) is 13.9. The molecule has 2 fully saturated rings. The van der Waals surface area contributed by atoms with Crippen LogP contribution in [-0.4, -0.2) is 57.7 Å². The van der Waals surface area contributed by atoms with Crippen molar-refractivity contribution in [1.29, 1.82) is 5.26 Å². The van der Waals surface area contributed by atoms with Crippen LogP contribution in [0.25, 0.3) is 5.52 Å². The number of nitrogens with zero attached hydrogens (tertiary/aromatic N) is 4. The molecule has 2 aliphatic rings. The van der Waals surface area contributed by atoms with Crippen LogP contribution in [0.1, 0.15) is 58.6 Å². The quantitative estimate of drug-likeness (QED) is 0.259. The Kier molecular flexibility index (Phi) is 7.88. The van der Waals surface area contributed by atoms with Crippen LogP contribution in [0.15, 0.2) is 18.5 Å². The van der Waals surface area contributed by atoms with Gasteiger partial charge in [-0.3, -0.25) is 13.8 Å². The highest BCUT2D eigenvalue weighted by molar-refractivity contribution is 7.51. The number of fused-ring (bicyclic) bond motifs is 2. The van der Waals surface area contributed by atoms with Gasteiger partial charge in [0.25, 0.3) is 0 Å². The van der Waals surface area contributed by atoms with Gasteiger partial charge in [0, 0.05) is 0 Å². The summed E-state index contributed by atoms with van der Waals surface area (Å²) in [6.45, 7) is 4.61. The number of nitrogen functional groups attached to an aromatic ring is 1. The van der Waals surface area contributed by atoms with E-state index in [-0.39, 0.29) is 24.7 Å². The van der Waals surface area contributed by atoms with E-state index in [1.54, 1.807) is 6.07 Å². The van der Waals surface area contributed by atoms with Gasteiger partial charge < -0.3 is 15.2 Å². The lowest BCUT2D eigenvalue weighted by molar-refractivity contribution is -0.145. The van der Waals surface area contributed by atoms with Crippen molar-refractivity contribution in [2.75, 3.05) is 18.9 Å². The fourth-order valence-corrected chi connectivity index (χ4v) is 6.43. The van der Waals surface area contributed by atoms with Crippen LogP contribution in [0.4, 0.5) is 10.2 Å². The van der Waals surface area contributed by atoms with Gasteiger partial charge in [-0.2, -0.15) is 10.4 Å². The molecule has 2 aromatic heterocycles. The summed E-state index contributed by atoms with van der Waals surface area (Å²) in [5.74, 6) is -0.491. The van der Waals surface area contributed by atoms with Gasteiger partial charge in [0.05, 0.1) is 18.9 Å². The van der Waals surface area contributed by atoms with Crippen LogP contribution in [-0.2, 0) is 33.5 Å². The lowest BCUT2D eigenvalue weighted by Gasteiger charge is -2.36. The smallest absolute Gasteiger partial charge is 0.406 e. The monoisotopic (exact) mass is 538 g/mol. The number of alkyl halides is 1. The van der Waals surface area contributed by atoms with Gasteiger partial charge in [-0.1, -0.05) is 32.6 Å². The molecule has 3 N–H and O–H groups in total. The third kappa shape index (κ3) is 4.96. The van der Waals surface area contributed by atoms with E-state index < -0.39 is 43.2 Å². The largest absolute Gasteiger partial charge is 0.465 e. The molecule has 0 aliphatic carbocycles. The number of hydrogen-bond donors (Lipinski definition) is 2. The molecular weight excluding hydrogens is 506 g/mol. The maximum Gasteiger partial charge on any atom is 0.406 e. The zero-order chi connectivity index (χ0) is 26.8. The maximum absolute atomic E-state index is 16.5. The Balaban J connectivity index is 1.47. The van der Waals surface area contributed by atoms with Crippen LogP contribution >= 0.6 is 7.75 Å². The molecule has 0 aromatic carbocycles. The summed E-state index contributed by atoms with van der Waals surface area (Å²) >= 11 is 0. The highest BCUT2D eigenvalue weighted by Gasteiger charge is 2.70. The third-order valence-corrected chi connectivity index (χ3v) is 8.44. The Morgan fingerprint density at radius 2 is 2.19 bits per heavy atom. The Bertz CT molecular complexity index is 1230. The molecule has 0 amide bonds. The average Bonchev–Trinajstić information content (AvgIpc) is 3.39. The summed E-state index contributed by atoms with van der Waals surface area (Å²) in [5.41, 5.74) is 1.64. The van der Waals surface area contributed by atoms with Crippen molar-refractivity contribution in [2.45, 2.75) is 82.4 Å². The minimum atomic E-state index is -4.16. The maximum atomic E-state index is 16.5. The SMILES string of the molecule is CCCCCCCOC(=O)C(C)NP1(=O)OCC2OC(C#N)(c3ccc4c(N)ncnn34)C(C)(F)C2O1. The van der Waals surface area contributed by atoms with Crippen molar-refractivity contribution in [2.24, 2.45) is 0 Å². The lowest BCUT2D eigenvalue weighted by Crippen LogP contribution is -2.51. The standard InChI is InChI=1S/C23H32FN6O6P/c1-4-5-6-7-8-11-33-21(31)15(2)29-37(32)34-12-17-19(36-37)22(3,24)23(13-25,35-17)18-10-9-16-20(26)27-14-28-30(16)18/h9-10,14-15,17,19H,4-8,11-12H2,1-3H3,(H,29,32)(H2,26,27,28). The van der Waals surface area contributed by atoms with Crippen molar-refractivity contribution in [1.82, 2.24) is 19.7 Å². The molecule has 4 rings (SSSR count). The molecule has 2 aliphatic heterocycles. The van der Waals surface area contributed by atoms with E-state index in [1.807, 2.05) is 6.07 Å². The number of unbranched alkanes of at least 4 members (excludes halogenated alkanes) is 4. The second-order valence-electron chi connectivity index (χ2n) is 9.44. The van der Waals surface area contributed by atoms with E-state index in [4.69, 9.17) is 24.3 Å². The van der Waals surface area contributed by atoms with Crippen molar-refractivity contribution in [3.63, 3.8) is 0 Å². The summed E-state index contributed by atoms with van der Waals surface area (Å²) in [7, 11) is -4.16.